The number of carbonyl (C=O) groups excluding carboxylic acids is 2. The smallest absolute Gasteiger partial charge is 0.325 e. The topological polar surface area (TPSA) is 72.9 Å². The highest BCUT2D eigenvalue weighted by Gasteiger charge is 2.55. The lowest BCUT2D eigenvalue weighted by Crippen LogP contribution is -2.50. The van der Waals surface area contributed by atoms with Crippen molar-refractivity contribution < 1.29 is 14.7 Å². The zero-order valence-electron chi connectivity index (χ0n) is 14.5. The van der Waals surface area contributed by atoms with Crippen LogP contribution in [0.3, 0.4) is 0 Å². The predicted octanol–water partition coefficient (Wildman–Crippen LogP) is 1.30. The first-order valence-corrected chi connectivity index (χ1v) is 8.41. The first-order valence-electron chi connectivity index (χ1n) is 8.41. The number of imide groups is 1. The Labute approximate surface area is 142 Å². The van der Waals surface area contributed by atoms with Gasteiger partial charge in [-0.3, -0.25) is 14.6 Å². The van der Waals surface area contributed by atoms with Crippen LogP contribution in [0.5, 0.6) is 0 Å². The Balaban J connectivity index is 1.72. The molecule has 2 fully saturated rings. The molecule has 2 aliphatic heterocycles. The van der Waals surface area contributed by atoms with Crippen LogP contribution in [0.25, 0.3) is 0 Å². The standard InChI is InChI=1S/C18H25N3O3/c1-13(2)21-15(22)18(19-16(21)23)9-10-20(12-18)11-17(3,24)14-7-5-4-6-8-14/h4-8,13,24H,9-12H2,1-3H3,(H,19,23)/t17-,18+/m1/s1. The molecule has 2 aliphatic rings. The minimum atomic E-state index is -1.00. The summed E-state index contributed by atoms with van der Waals surface area (Å²) in [6.45, 7) is 6.98. The van der Waals surface area contributed by atoms with E-state index in [-0.39, 0.29) is 18.0 Å². The van der Waals surface area contributed by atoms with Gasteiger partial charge in [-0.05, 0) is 32.8 Å². The number of amides is 3. The van der Waals surface area contributed by atoms with Crippen LogP contribution in [0.2, 0.25) is 0 Å². The average Bonchev–Trinajstić information content (AvgIpc) is 3.01. The van der Waals surface area contributed by atoms with Crippen molar-refractivity contribution >= 4 is 11.9 Å². The summed E-state index contributed by atoms with van der Waals surface area (Å²) in [5, 5.41) is 13.7. The van der Waals surface area contributed by atoms with Gasteiger partial charge in [0.05, 0.1) is 5.60 Å². The van der Waals surface area contributed by atoms with Crippen molar-refractivity contribution in [2.45, 2.75) is 44.4 Å². The van der Waals surface area contributed by atoms with Crippen LogP contribution in [-0.4, -0.2) is 58.1 Å². The van der Waals surface area contributed by atoms with E-state index in [0.29, 0.717) is 26.1 Å². The van der Waals surface area contributed by atoms with Gasteiger partial charge in [0.15, 0.2) is 0 Å². The number of urea groups is 1. The van der Waals surface area contributed by atoms with Gasteiger partial charge in [-0.25, -0.2) is 4.79 Å². The summed E-state index contributed by atoms with van der Waals surface area (Å²) >= 11 is 0. The normalized spacial score (nSPS) is 27.1. The largest absolute Gasteiger partial charge is 0.384 e. The summed E-state index contributed by atoms with van der Waals surface area (Å²) in [4.78, 5) is 28.2. The molecule has 1 spiro atoms. The Kier molecular flexibility index (Phi) is 4.13. The number of likely N-dealkylation sites (tertiary alicyclic amines) is 1. The number of hydrogen-bond donors (Lipinski definition) is 2. The van der Waals surface area contributed by atoms with E-state index >= 15 is 0 Å². The lowest BCUT2D eigenvalue weighted by atomic mass is 9.95. The van der Waals surface area contributed by atoms with Crippen LogP contribution < -0.4 is 5.32 Å². The molecule has 3 amide bonds. The van der Waals surface area contributed by atoms with Crippen LogP contribution in [0.4, 0.5) is 4.79 Å². The molecule has 2 N–H and O–H groups in total. The SMILES string of the molecule is CC(C)N1C(=O)N[C@]2(CCN(C[C@@](C)(O)c3ccccc3)C2)C1=O. The van der Waals surface area contributed by atoms with Gasteiger partial charge in [0.2, 0.25) is 0 Å². The van der Waals surface area contributed by atoms with Crippen molar-refractivity contribution in [1.29, 1.82) is 0 Å². The van der Waals surface area contributed by atoms with Crippen LogP contribution >= 0.6 is 0 Å². The Morgan fingerprint density at radius 3 is 2.54 bits per heavy atom. The van der Waals surface area contributed by atoms with Crippen molar-refractivity contribution in [1.82, 2.24) is 15.1 Å². The number of rotatable bonds is 4. The van der Waals surface area contributed by atoms with E-state index in [1.165, 1.54) is 4.90 Å². The van der Waals surface area contributed by atoms with Gasteiger partial charge in [-0.15, -0.1) is 0 Å². The first kappa shape index (κ1) is 16.9. The van der Waals surface area contributed by atoms with Crippen molar-refractivity contribution in [3.63, 3.8) is 0 Å². The van der Waals surface area contributed by atoms with Gasteiger partial charge in [-0.2, -0.15) is 0 Å². The molecule has 24 heavy (non-hydrogen) atoms. The van der Waals surface area contributed by atoms with Gasteiger partial charge < -0.3 is 10.4 Å². The Hall–Kier alpha value is -1.92. The summed E-state index contributed by atoms with van der Waals surface area (Å²) < 4.78 is 0. The van der Waals surface area contributed by atoms with E-state index in [4.69, 9.17) is 0 Å². The molecule has 1 aromatic rings. The summed E-state index contributed by atoms with van der Waals surface area (Å²) in [7, 11) is 0. The maximum absolute atomic E-state index is 12.7. The number of nitrogens with zero attached hydrogens (tertiary/aromatic N) is 2. The molecule has 1 aromatic carbocycles. The lowest BCUT2D eigenvalue weighted by Gasteiger charge is -2.30. The van der Waals surface area contributed by atoms with Crippen LogP contribution in [-0.2, 0) is 10.4 Å². The van der Waals surface area contributed by atoms with Crippen LogP contribution in [0.15, 0.2) is 30.3 Å². The van der Waals surface area contributed by atoms with E-state index in [1.54, 1.807) is 6.92 Å². The maximum atomic E-state index is 12.7. The molecule has 2 atom stereocenters. The second-order valence-corrected chi connectivity index (χ2v) is 7.38. The Morgan fingerprint density at radius 2 is 1.96 bits per heavy atom. The molecule has 2 heterocycles. The summed E-state index contributed by atoms with van der Waals surface area (Å²) in [5.41, 5.74) is -0.999. The Bertz CT molecular complexity index is 644. The van der Waals surface area contributed by atoms with E-state index in [1.807, 2.05) is 44.2 Å². The van der Waals surface area contributed by atoms with Gasteiger partial charge in [0.1, 0.15) is 5.54 Å². The third-order valence-electron chi connectivity index (χ3n) is 4.99. The lowest BCUT2D eigenvalue weighted by molar-refractivity contribution is -0.132. The third-order valence-corrected chi connectivity index (χ3v) is 4.99. The molecule has 0 unspecified atom stereocenters. The molecular formula is C18H25N3O3. The van der Waals surface area contributed by atoms with Crippen molar-refractivity contribution in [3.05, 3.63) is 35.9 Å². The summed E-state index contributed by atoms with van der Waals surface area (Å²) in [6, 6.07) is 9.04. The highest BCUT2D eigenvalue weighted by molar-refractivity contribution is 6.07. The number of aliphatic hydroxyl groups is 1. The quantitative estimate of drug-likeness (QED) is 0.816. The zero-order chi connectivity index (χ0) is 17.5. The van der Waals surface area contributed by atoms with Crippen LogP contribution in [0, 0.1) is 0 Å². The van der Waals surface area contributed by atoms with Crippen molar-refractivity contribution in [2.24, 2.45) is 0 Å². The molecule has 0 saturated carbocycles. The molecular weight excluding hydrogens is 306 g/mol. The van der Waals surface area contributed by atoms with Gasteiger partial charge in [0.25, 0.3) is 5.91 Å². The molecule has 6 nitrogen and oxygen atoms in total. The highest BCUT2D eigenvalue weighted by atomic mass is 16.3. The number of carbonyl (C=O) groups is 2. The molecule has 0 radical (unpaired) electrons. The fourth-order valence-electron chi connectivity index (χ4n) is 3.73. The predicted molar refractivity (Wildman–Crippen MR) is 90.3 cm³/mol. The molecule has 0 bridgehead atoms. The Morgan fingerprint density at radius 1 is 1.29 bits per heavy atom. The van der Waals surface area contributed by atoms with Gasteiger partial charge >= 0.3 is 6.03 Å². The second kappa shape index (κ2) is 5.86. The molecule has 3 rings (SSSR count). The van der Waals surface area contributed by atoms with E-state index in [9.17, 15) is 14.7 Å². The number of benzene rings is 1. The molecule has 6 heteroatoms. The monoisotopic (exact) mass is 331 g/mol. The molecule has 0 aliphatic carbocycles. The number of nitrogens with one attached hydrogen (secondary N) is 1. The summed E-state index contributed by atoms with van der Waals surface area (Å²) in [5.74, 6) is -0.149. The van der Waals surface area contributed by atoms with Crippen LogP contribution in [0.1, 0.15) is 32.8 Å². The maximum Gasteiger partial charge on any atom is 0.325 e. The minimum absolute atomic E-state index is 0.149. The zero-order valence-corrected chi connectivity index (χ0v) is 14.5. The summed E-state index contributed by atoms with van der Waals surface area (Å²) in [6.07, 6.45) is 0.575. The van der Waals surface area contributed by atoms with Gasteiger partial charge in [0, 0.05) is 25.7 Å². The number of hydrogen-bond acceptors (Lipinski definition) is 4. The van der Waals surface area contributed by atoms with Crippen molar-refractivity contribution in [3.8, 4) is 0 Å². The number of β-amino-alcohol motifs (C(OH)–C–C–N with tert-alkyl or cyclic N) is 1. The van der Waals surface area contributed by atoms with E-state index in [0.717, 1.165) is 5.56 Å². The average molecular weight is 331 g/mol. The highest BCUT2D eigenvalue weighted by Crippen LogP contribution is 2.32. The fourth-order valence-corrected chi connectivity index (χ4v) is 3.73. The second-order valence-electron chi connectivity index (χ2n) is 7.38. The molecule has 0 aromatic heterocycles. The molecule has 130 valence electrons. The minimum Gasteiger partial charge on any atom is -0.384 e. The third kappa shape index (κ3) is 2.80. The van der Waals surface area contributed by atoms with E-state index in [2.05, 4.69) is 10.2 Å². The van der Waals surface area contributed by atoms with Gasteiger partial charge in [-0.1, -0.05) is 30.3 Å². The fraction of sp³-hybridized carbons (Fsp3) is 0.556. The molecule has 2 saturated heterocycles. The first-order chi connectivity index (χ1) is 11.3. The van der Waals surface area contributed by atoms with E-state index < -0.39 is 11.1 Å². The van der Waals surface area contributed by atoms with Crippen molar-refractivity contribution in [2.75, 3.05) is 19.6 Å².